The maximum Gasteiger partial charge on any atom is 0.256 e. The third-order valence-electron chi connectivity index (χ3n) is 4.69. The van der Waals surface area contributed by atoms with Gasteiger partial charge >= 0.3 is 0 Å². The number of carbonyl (C=O) groups excluding carboxylic acids is 1. The summed E-state index contributed by atoms with van der Waals surface area (Å²) in [7, 11) is 0. The van der Waals surface area contributed by atoms with E-state index in [0.717, 1.165) is 17.1 Å². The second-order valence-corrected chi connectivity index (χ2v) is 6.32. The Kier molecular flexibility index (Phi) is 4.66. The van der Waals surface area contributed by atoms with Crippen molar-refractivity contribution in [2.75, 3.05) is 13.2 Å². The number of nitrogens with zero attached hydrogens (tertiary/aromatic N) is 3. The summed E-state index contributed by atoms with van der Waals surface area (Å²) in [6.07, 6.45) is 0.880. The number of hydrogen-bond donors (Lipinski definition) is 1. The highest BCUT2D eigenvalue weighted by Crippen LogP contribution is 2.25. The summed E-state index contributed by atoms with van der Waals surface area (Å²) >= 11 is 0. The highest BCUT2D eigenvalue weighted by Gasteiger charge is 2.36. The standard InChI is InChI=1S/C18H22FN3O2/c1-12-7-17(18(24)22-9-14(19)8-16(22)11-23)13(2)21(12)10-15-5-3-4-6-20-15/h3-7,14,16,23H,8-11H2,1-2H3/t14-,16-/m0/s1. The molecule has 5 nitrogen and oxygen atoms in total. The summed E-state index contributed by atoms with van der Waals surface area (Å²) in [5, 5.41) is 9.40. The molecule has 1 amide bonds. The molecule has 0 aromatic carbocycles. The predicted octanol–water partition coefficient (Wildman–Crippen LogP) is 2.09. The van der Waals surface area contributed by atoms with Crippen molar-refractivity contribution in [3.05, 3.63) is 53.1 Å². The number of carbonyl (C=O) groups is 1. The molecule has 24 heavy (non-hydrogen) atoms. The zero-order valence-electron chi connectivity index (χ0n) is 13.9. The first-order valence-corrected chi connectivity index (χ1v) is 8.13. The van der Waals surface area contributed by atoms with Gasteiger partial charge in [-0.2, -0.15) is 0 Å². The Morgan fingerprint density at radius 1 is 1.42 bits per heavy atom. The lowest BCUT2D eigenvalue weighted by molar-refractivity contribution is 0.0672. The molecular formula is C18H22FN3O2. The second kappa shape index (κ2) is 6.73. The van der Waals surface area contributed by atoms with Gasteiger partial charge in [-0.1, -0.05) is 6.07 Å². The lowest BCUT2D eigenvalue weighted by Gasteiger charge is -2.22. The smallest absolute Gasteiger partial charge is 0.256 e. The number of aliphatic hydroxyl groups is 1. The number of rotatable bonds is 4. The lowest BCUT2D eigenvalue weighted by Crippen LogP contribution is -2.38. The first kappa shape index (κ1) is 16.6. The number of alkyl halides is 1. The average molecular weight is 331 g/mol. The van der Waals surface area contributed by atoms with Crippen LogP contribution >= 0.6 is 0 Å². The molecule has 0 radical (unpaired) electrons. The van der Waals surface area contributed by atoms with Crippen LogP contribution in [0.1, 0.15) is 33.9 Å². The van der Waals surface area contributed by atoms with Crippen LogP contribution in [0.25, 0.3) is 0 Å². The van der Waals surface area contributed by atoms with Crippen molar-refractivity contribution in [1.29, 1.82) is 0 Å². The molecule has 128 valence electrons. The molecule has 1 aliphatic heterocycles. The van der Waals surface area contributed by atoms with E-state index in [-0.39, 0.29) is 25.5 Å². The van der Waals surface area contributed by atoms with E-state index in [0.29, 0.717) is 12.1 Å². The van der Waals surface area contributed by atoms with Crippen molar-refractivity contribution in [2.24, 2.45) is 0 Å². The molecule has 1 N–H and O–H groups in total. The van der Waals surface area contributed by atoms with E-state index in [1.54, 1.807) is 6.20 Å². The Bertz CT molecular complexity index is 729. The zero-order chi connectivity index (χ0) is 17.3. The van der Waals surface area contributed by atoms with Gasteiger partial charge in [0.2, 0.25) is 0 Å². The highest BCUT2D eigenvalue weighted by molar-refractivity contribution is 5.96. The van der Waals surface area contributed by atoms with Gasteiger partial charge in [0.1, 0.15) is 6.17 Å². The van der Waals surface area contributed by atoms with Crippen LogP contribution < -0.4 is 0 Å². The van der Waals surface area contributed by atoms with Crippen LogP contribution in [0.2, 0.25) is 0 Å². The van der Waals surface area contributed by atoms with Crippen LogP contribution in [0.3, 0.4) is 0 Å². The van der Waals surface area contributed by atoms with Gasteiger partial charge in [-0.15, -0.1) is 0 Å². The number of aryl methyl sites for hydroxylation is 1. The summed E-state index contributed by atoms with van der Waals surface area (Å²) in [5.41, 5.74) is 3.27. The molecule has 1 saturated heterocycles. The minimum atomic E-state index is -1.07. The summed E-state index contributed by atoms with van der Waals surface area (Å²) in [4.78, 5) is 18.6. The summed E-state index contributed by atoms with van der Waals surface area (Å²) < 4.78 is 15.7. The molecular weight excluding hydrogens is 309 g/mol. The molecule has 1 fully saturated rings. The minimum Gasteiger partial charge on any atom is -0.394 e. The zero-order valence-corrected chi connectivity index (χ0v) is 13.9. The van der Waals surface area contributed by atoms with Gasteiger partial charge in [0.05, 0.1) is 37.0 Å². The predicted molar refractivity (Wildman–Crippen MR) is 88.7 cm³/mol. The molecule has 2 aromatic heterocycles. The Morgan fingerprint density at radius 3 is 2.88 bits per heavy atom. The van der Waals surface area contributed by atoms with Crippen molar-refractivity contribution >= 4 is 5.91 Å². The summed E-state index contributed by atoms with van der Waals surface area (Å²) in [5.74, 6) is -0.213. The van der Waals surface area contributed by atoms with Gasteiger partial charge in [0.15, 0.2) is 0 Å². The van der Waals surface area contributed by atoms with Gasteiger partial charge in [-0.3, -0.25) is 9.78 Å². The lowest BCUT2D eigenvalue weighted by atomic mass is 10.2. The first-order chi connectivity index (χ1) is 11.5. The van der Waals surface area contributed by atoms with E-state index < -0.39 is 12.2 Å². The third kappa shape index (κ3) is 3.06. The fourth-order valence-electron chi connectivity index (χ4n) is 3.35. The van der Waals surface area contributed by atoms with E-state index in [1.165, 1.54) is 4.90 Å². The van der Waals surface area contributed by atoms with Gasteiger partial charge in [0, 0.05) is 24.0 Å². The molecule has 1 aliphatic rings. The van der Waals surface area contributed by atoms with Gasteiger partial charge in [-0.25, -0.2) is 4.39 Å². The van der Waals surface area contributed by atoms with Crippen LogP contribution in [0.4, 0.5) is 4.39 Å². The van der Waals surface area contributed by atoms with Crippen molar-refractivity contribution < 1.29 is 14.3 Å². The number of aliphatic hydroxyl groups excluding tert-OH is 1. The third-order valence-corrected chi connectivity index (χ3v) is 4.69. The van der Waals surface area contributed by atoms with E-state index in [4.69, 9.17) is 0 Å². The normalized spacial score (nSPS) is 20.6. The fraction of sp³-hybridized carbons (Fsp3) is 0.444. The molecule has 6 heteroatoms. The van der Waals surface area contributed by atoms with Gasteiger partial charge < -0.3 is 14.6 Å². The minimum absolute atomic E-state index is 0.0496. The monoisotopic (exact) mass is 331 g/mol. The number of hydrogen-bond acceptors (Lipinski definition) is 3. The van der Waals surface area contributed by atoms with Gasteiger partial charge in [-0.05, 0) is 32.0 Å². The summed E-state index contributed by atoms with van der Waals surface area (Å²) in [6.45, 7) is 4.26. The summed E-state index contributed by atoms with van der Waals surface area (Å²) in [6, 6.07) is 7.13. The Labute approximate surface area is 140 Å². The SMILES string of the molecule is Cc1cc(C(=O)N2C[C@@H](F)C[C@H]2CO)c(C)n1Cc1ccccn1. The quantitative estimate of drug-likeness (QED) is 0.933. The number of halogens is 1. The van der Waals surface area contributed by atoms with Crippen LogP contribution in [0.5, 0.6) is 0 Å². The second-order valence-electron chi connectivity index (χ2n) is 6.32. The number of amides is 1. The maximum absolute atomic E-state index is 13.6. The molecule has 2 aromatic rings. The van der Waals surface area contributed by atoms with Crippen LogP contribution in [-0.2, 0) is 6.54 Å². The van der Waals surface area contributed by atoms with Crippen molar-refractivity contribution in [3.63, 3.8) is 0 Å². The first-order valence-electron chi connectivity index (χ1n) is 8.13. The van der Waals surface area contributed by atoms with E-state index in [2.05, 4.69) is 4.98 Å². The van der Waals surface area contributed by atoms with E-state index in [1.807, 2.05) is 42.7 Å². The van der Waals surface area contributed by atoms with E-state index >= 15 is 0 Å². The topological polar surface area (TPSA) is 58.4 Å². The van der Waals surface area contributed by atoms with Crippen molar-refractivity contribution in [1.82, 2.24) is 14.5 Å². The molecule has 3 heterocycles. The van der Waals surface area contributed by atoms with Gasteiger partial charge in [0.25, 0.3) is 5.91 Å². The van der Waals surface area contributed by atoms with E-state index in [9.17, 15) is 14.3 Å². The maximum atomic E-state index is 13.6. The van der Waals surface area contributed by atoms with Crippen LogP contribution in [0, 0.1) is 13.8 Å². The largest absolute Gasteiger partial charge is 0.394 e. The number of aromatic nitrogens is 2. The molecule has 0 bridgehead atoms. The van der Waals surface area contributed by atoms with Crippen LogP contribution in [0.15, 0.2) is 30.5 Å². The molecule has 2 atom stereocenters. The Morgan fingerprint density at radius 2 is 2.21 bits per heavy atom. The molecule has 0 unspecified atom stereocenters. The average Bonchev–Trinajstić information content (AvgIpc) is 3.09. The number of likely N-dealkylation sites (tertiary alicyclic amines) is 1. The highest BCUT2D eigenvalue weighted by atomic mass is 19.1. The number of pyridine rings is 1. The molecule has 0 spiro atoms. The van der Waals surface area contributed by atoms with Crippen molar-refractivity contribution in [2.45, 2.75) is 39.0 Å². The molecule has 0 aliphatic carbocycles. The van der Waals surface area contributed by atoms with Crippen LogP contribution in [-0.4, -0.2) is 50.8 Å². The Balaban J connectivity index is 1.87. The molecule has 3 rings (SSSR count). The molecule has 0 saturated carbocycles. The Hall–Kier alpha value is -2.21. The van der Waals surface area contributed by atoms with Crippen molar-refractivity contribution in [3.8, 4) is 0 Å². The fourth-order valence-corrected chi connectivity index (χ4v) is 3.35.